The van der Waals surface area contributed by atoms with E-state index in [0.717, 1.165) is 0 Å². The maximum atomic E-state index is 13.1. The van der Waals surface area contributed by atoms with Gasteiger partial charge in [-0.3, -0.25) is 4.79 Å². The van der Waals surface area contributed by atoms with Gasteiger partial charge in [0.2, 0.25) is 0 Å². The second-order valence-corrected chi connectivity index (χ2v) is 9.24. The van der Waals surface area contributed by atoms with Crippen LogP contribution in [-0.4, -0.2) is 64.9 Å². The molecule has 3 heterocycles. The first-order valence-corrected chi connectivity index (χ1v) is 10.4. The van der Waals surface area contributed by atoms with Crippen LogP contribution in [-0.2, 0) is 38.1 Å². The SMILES string of the molecule is C=C1C(=O)O[C@@H]2[C@]3(C)CC/C=C(/C)[C@@H](OC(C)=O)[C@@H](OC(=O)[C@]4(C)O[C@H]4C)[C@@]12O[C@@H]3O. The molecule has 0 aromatic rings. The first kappa shape index (κ1) is 22.0. The van der Waals surface area contributed by atoms with Gasteiger partial charge in [0.05, 0.1) is 17.1 Å². The van der Waals surface area contributed by atoms with Gasteiger partial charge in [0.1, 0.15) is 6.10 Å². The monoisotopic (exact) mass is 436 g/mol. The third-order valence-corrected chi connectivity index (χ3v) is 7.17. The van der Waals surface area contributed by atoms with Crippen LogP contribution in [0.4, 0.5) is 0 Å². The molecule has 0 aromatic heterocycles. The molecule has 3 fully saturated rings. The molecule has 0 spiro atoms. The highest BCUT2D eigenvalue weighted by molar-refractivity contribution is 5.94. The summed E-state index contributed by atoms with van der Waals surface area (Å²) in [6.07, 6.45) is -2.30. The fraction of sp³-hybridized carbons (Fsp3) is 0.682. The van der Waals surface area contributed by atoms with Gasteiger partial charge in [-0.2, -0.15) is 0 Å². The molecule has 0 radical (unpaired) electrons. The molecule has 0 saturated carbocycles. The Labute approximate surface area is 180 Å². The van der Waals surface area contributed by atoms with Gasteiger partial charge in [0.25, 0.3) is 0 Å². The minimum Gasteiger partial charge on any atom is -0.455 e. The Balaban J connectivity index is 1.88. The molecule has 2 bridgehead atoms. The summed E-state index contributed by atoms with van der Waals surface area (Å²) in [5.74, 6) is -2.01. The second-order valence-electron chi connectivity index (χ2n) is 9.24. The number of allylic oxidation sites excluding steroid dienone is 1. The van der Waals surface area contributed by atoms with Gasteiger partial charge in [-0.05, 0) is 39.2 Å². The number of aliphatic hydroxyl groups is 1. The van der Waals surface area contributed by atoms with Crippen LogP contribution in [0.15, 0.2) is 23.8 Å². The highest BCUT2D eigenvalue weighted by Gasteiger charge is 2.75. The molecule has 8 atom stereocenters. The fourth-order valence-electron chi connectivity index (χ4n) is 4.89. The highest BCUT2D eigenvalue weighted by atomic mass is 16.7. The van der Waals surface area contributed by atoms with E-state index in [-0.39, 0.29) is 11.7 Å². The van der Waals surface area contributed by atoms with Gasteiger partial charge in [-0.25, -0.2) is 9.59 Å². The molecule has 4 aliphatic rings. The van der Waals surface area contributed by atoms with Crippen molar-refractivity contribution in [2.24, 2.45) is 5.41 Å². The second kappa shape index (κ2) is 6.88. The van der Waals surface area contributed by atoms with Crippen LogP contribution in [0.3, 0.4) is 0 Å². The smallest absolute Gasteiger partial charge is 0.341 e. The van der Waals surface area contributed by atoms with Crippen LogP contribution in [0.2, 0.25) is 0 Å². The molecule has 0 amide bonds. The van der Waals surface area contributed by atoms with E-state index >= 15 is 0 Å². The lowest BCUT2D eigenvalue weighted by Crippen LogP contribution is -2.59. The van der Waals surface area contributed by atoms with E-state index in [1.165, 1.54) is 6.92 Å². The molecule has 3 saturated heterocycles. The normalized spacial score (nSPS) is 47.8. The van der Waals surface area contributed by atoms with Crippen LogP contribution in [0.5, 0.6) is 0 Å². The number of esters is 3. The Morgan fingerprint density at radius 2 is 1.90 bits per heavy atom. The Bertz CT molecular complexity index is 893. The topological polar surface area (TPSA) is 121 Å². The number of hydrogen-bond acceptors (Lipinski definition) is 9. The van der Waals surface area contributed by atoms with E-state index in [4.69, 9.17) is 23.7 Å². The summed E-state index contributed by atoms with van der Waals surface area (Å²) in [5, 5.41) is 10.9. The molecule has 31 heavy (non-hydrogen) atoms. The van der Waals surface area contributed by atoms with Crippen LogP contribution in [0.25, 0.3) is 0 Å². The molecular formula is C22H28O9. The van der Waals surface area contributed by atoms with Crippen molar-refractivity contribution in [2.45, 2.75) is 89.4 Å². The van der Waals surface area contributed by atoms with Gasteiger partial charge in [0.15, 0.2) is 29.7 Å². The van der Waals surface area contributed by atoms with Crippen LogP contribution < -0.4 is 0 Å². The molecule has 4 rings (SSSR count). The zero-order valence-electron chi connectivity index (χ0n) is 18.3. The molecule has 170 valence electrons. The van der Waals surface area contributed by atoms with E-state index in [2.05, 4.69) is 6.58 Å². The largest absolute Gasteiger partial charge is 0.455 e. The van der Waals surface area contributed by atoms with Gasteiger partial charge in [0, 0.05) is 6.92 Å². The predicted molar refractivity (Wildman–Crippen MR) is 104 cm³/mol. The van der Waals surface area contributed by atoms with Gasteiger partial charge in [-0.15, -0.1) is 0 Å². The Kier molecular flexibility index (Phi) is 4.88. The zero-order chi connectivity index (χ0) is 22.9. The standard InChI is InChI=1S/C22H28O9/c1-10-8-7-9-20(5)17-22(31-18(20)25,11(2)16(24)29-17)15(14(10)27-13(4)23)28-19(26)21(6)12(3)30-21/h8,12,14-15,17-18,25H,2,7,9H2,1,3-6H3/b10-8-/t12-,14+,15+,17+,18-,20-,21+,22-/m0/s1. The van der Waals surface area contributed by atoms with Crippen molar-refractivity contribution < 1.29 is 43.2 Å². The third-order valence-electron chi connectivity index (χ3n) is 7.17. The molecule has 9 nitrogen and oxygen atoms in total. The van der Waals surface area contributed by atoms with Crippen molar-refractivity contribution in [3.63, 3.8) is 0 Å². The van der Waals surface area contributed by atoms with Crippen LogP contribution in [0, 0.1) is 5.41 Å². The van der Waals surface area contributed by atoms with E-state index < -0.39 is 59.1 Å². The number of carbonyl (C=O) groups is 3. The summed E-state index contributed by atoms with van der Waals surface area (Å²) in [6, 6.07) is 0. The number of aliphatic hydroxyl groups excluding tert-OH is 1. The molecule has 1 aliphatic carbocycles. The van der Waals surface area contributed by atoms with Crippen molar-refractivity contribution >= 4 is 17.9 Å². The van der Waals surface area contributed by atoms with Gasteiger partial charge < -0.3 is 28.8 Å². The average molecular weight is 436 g/mol. The predicted octanol–water partition coefficient (Wildman–Crippen LogP) is 1.32. The summed E-state index contributed by atoms with van der Waals surface area (Å²) in [6.45, 7) is 11.9. The lowest BCUT2D eigenvalue weighted by Gasteiger charge is -2.39. The van der Waals surface area contributed by atoms with E-state index in [9.17, 15) is 19.5 Å². The molecule has 0 unspecified atom stereocenters. The average Bonchev–Trinajstić information content (AvgIpc) is 3.14. The Morgan fingerprint density at radius 3 is 2.48 bits per heavy atom. The number of rotatable bonds is 3. The summed E-state index contributed by atoms with van der Waals surface area (Å²) in [4.78, 5) is 37.7. The Morgan fingerprint density at radius 1 is 1.26 bits per heavy atom. The summed E-state index contributed by atoms with van der Waals surface area (Å²) < 4.78 is 28.5. The van der Waals surface area contributed by atoms with Gasteiger partial charge >= 0.3 is 17.9 Å². The highest BCUT2D eigenvalue weighted by Crippen LogP contribution is 2.58. The molecule has 1 N–H and O–H groups in total. The minimum absolute atomic E-state index is 0.0974. The fourth-order valence-corrected chi connectivity index (χ4v) is 4.89. The Hall–Kier alpha value is -2.23. The lowest BCUT2D eigenvalue weighted by molar-refractivity contribution is -0.213. The summed E-state index contributed by atoms with van der Waals surface area (Å²) in [5.41, 5.74) is -3.37. The molecule has 9 heteroatoms. The van der Waals surface area contributed by atoms with E-state index in [0.29, 0.717) is 18.4 Å². The number of carbonyl (C=O) groups excluding carboxylic acids is 3. The minimum atomic E-state index is -1.73. The van der Waals surface area contributed by atoms with Crippen LogP contribution >= 0.6 is 0 Å². The lowest BCUT2D eigenvalue weighted by atomic mass is 9.72. The molecule has 0 aromatic carbocycles. The van der Waals surface area contributed by atoms with Crippen molar-refractivity contribution in [3.8, 4) is 0 Å². The van der Waals surface area contributed by atoms with E-state index in [1.807, 2.05) is 6.08 Å². The zero-order valence-corrected chi connectivity index (χ0v) is 18.3. The quantitative estimate of drug-likeness (QED) is 0.230. The van der Waals surface area contributed by atoms with Crippen molar-refractivity contribution in [1.29, 1.82) is 0 Å². The third kappa shape index (κ3) is 2.97. The van der Waals surface area contributed by atoms with Crippen molar-refractivity contribution in [1.82, 2.24) is 0 Å². The summed E-state index contributed by atoms with van der Waals surface area (Å²) in [7, 11) is 0. The maximum absolute atomic E-state index is 13.1. The molecule has 3 aliphatic heterocycles. The summed E-state index contributed by atoms with van der Waals surface area (Å²) >= 11 is 0. The number of epoxide rings is 1. The number of ether oxygens (including phenoxy) is 5. The van der Waals surface area contributed by atoms with Crippen molar-refractivity contribution in [3.05, 3.63) is 23.8 Å². The van der Waals surface area contributed by atoms with Gasteiger partial charge in [-0.1, -0.05) is 19.6 Å². The molecular weight excluding hydrogens is 408 g/mol. The van der Waals surface area contributed by atoms with E-state index in [1.54, 1.807) is 27.7 Å². The van der Waals surface area contributed by atoms with Crippen molar-refractivity contribution in [2.75, 3.05) is 0 Å². The maximum Gasteiger partial charge on any atom is 0.341 e. The van der Waals surface area contributed by atoms with Crippen LogP contribution in [0.1, 0.15) is 47.5 Å². The first-order chi connectivity index (χ1) is 14.4. The number of hydrogen-bond donors (Lipinski definition) is 1. The first-order valence-electron chi connectivity index (χ1n) is 10.4.